The number of amides is 1. The highest BCUT2D eigenvalue weighted by Gasteiger charge is 2.60. The lowest BCUT2D eigenvalue weighted by molar-refractivity contribution is -0.118. The molecule has 5 heterocycles. The van der Waals surface area contributed by atoms with E-state index < -0.39 is 6.43 Å². The van der Waals surface area contributed by atoms with Gasteiger partial charge in [0.1, 0.15) is 17.0 Å². The number of pyridine rings is 2. The van der Waals surface area contributed by atoms with Gasteiger partial charge in [0, 0.05) is 54.4 Å². The minimum Gasteiger partial charge on any atom is -0.436 e. The summed E-state index contributed by atoms with van der Waals surface area (Å²) in [6.07, 6.45) is 1.78. The van der Waals surface area contributed by atoms with Crippen molar-refractivity contribution < 1.29 is 22.7 Å². The lowest BCUT2D eigenvalue weighted by Crippen LogP contribution is -2.36. The van der Waals surface area contributed by atoms with Crippen molar-refractivity contribution in [2.75, 3.05) is 56.7 Å². The number of likely N-dealkylation sites (tertiary alicyclic amines) is 1. The van der Waals surface area contributed by atoms with Gasteiger partial charge in [0.2, 0.25) is 11.8 Å². The number of morpholine rings is 1. The van der Waals surface area contributed by atoms with Gasteiger partial charge in [-0.2, -0.15) is 0 Å². The van der Waals surface area contributed by atoms with E-state index in [0.29, 0.717) is 41.1 Å². The van der Waals surface area contributed by atoms with Crippen LogP contribution in [0.15, 0.2) is 41.1 Å². The quantitative estimate of drug-likeness (QED) is 0.400. The topological polar surface area (TPSA) is 96.6 Å². The first-order chi connectivity index (χ1) is 18.9. The number of fused-ring (bicyclic) bond motifs is 2. The molecule has 0 unspecified atom stereocenters. The van der Waals surface area contributed by atoms with Crippen LogP contribution in [0.5, 0.6) is 0 Å². The van der Waals surface area contributed by atoms with Crippen molar-refractivity contribution >= 4 is 39.3 Å². The van der Waals surface area contributed by atoms with Gasteiger partial charge in [-0.05, 0) is 56.1 Å². The lowest BCUT2D eigenvalue weighted by Gasteiger charge is -2.28. The molecule has 4 aromatic rings. The number of rotatable bonds is 5. The molecular formula is C28H28F2N6O3. The van der Waals surface area contributed by atoms with Crippen LogP contribution in [0.25, 0.3) is 33.3 Å². The number of nitrogens with zero attached hydrogens (tertiary/aromatic N) is 5. The van der Waals surface area contributed by atoms with Gasteiger partial charge in [-0.1, -0.05) is 0 Å². The zero-order valence-electron chi connectivity index (χ0n) is 21.5. The fraction of sp³-hybridized carbons (Fsp3) is 0.429. The van der Waals surface area contributed by atoms with E-state index in [1.54, 1.807) is 6.07 Å². The molecule has 3 aliphatic rings. The number of oxazole rings is 1. The predicted octanol–water partition coefficient (Wildman–Crippen LogP) is 4.49. The van der Waals surface area contributed by atoms with Crippen molar-refractivity contribution in [3.8, 4) is 11.5 Å². The molecule has 1 amide bonds. The number of hydrogen-bond acceptors (Lipinski definition) is 8. The number of carbonyl (C=O) groups excluding carboxylic acids is 1. The van der Waals surface area contributed by atoms with E-state index in [9.17, 15) is 13.6 Å². The summed E-state index contributed by atoms with van der Waals surface area (Å²) in [7, 11) is 2.07. The average molecular weight is 535 g/mol. The van der Waals surface area contributed by atoms with Crippen LogP contribution in [-0.4, -0.2) is 72.2 Å². The van der Waals surface area contributed by atoms with E-state index >= 15 is 0 Å². The Labute approximate surface area is 223 Å². The molecule has 11 heteroatoms. The minimum atomic E-state index is -2.78. The van der Waals surface area contributed by atoms with Crippen LogP contribution in [0.2, 0.25) is 0 Å². The number of anilines is 2. The summed E-state index contributed by atoms with van der Waals surface area (Å²) in [6, 6.07) is 7.40. The van der Waals surface area contributed by atoms with Crippen molar-refractivity contribution in [3.05, 3.63) is 42.4 Å². The molecular weight excluding hydrogens is 506 g/mol. The normalized spacial score (nSPS) is 23.4. The Morgan fingerprint density at radius 2 is 1.97 bits per heavy atom. The summed E-state index contributed by atoms with van der Waals surface area (Å²) in [5.41, 5.74) is 2.38. The molecule has 9 nitrogen and oxygen atoms in total. The zero-order chi connectivity index (χ0) is 26.7. The summed E-state index contributed by atoms with van der Waals surface area (Å²) in [4.78, 5) is 30.5. The number of benzene rings is 1. The largest absolute Gasteiger partial charge is 0.436 e. The van der Waals surface area contributed by atoms with Gasteiger partial charge < -0.3 is 24.3 Å². The standard InChI is InChI=1S/C28H28F2N6O3/c1-35-5-4-28(15-35)12-20(28)26(37)34-23-11-17-18(13-31-23)24(25(29)30)32-14-19(17)27-33-21-10-16(2-3-22(21)39-27)36-6-8-38-9-7-36/h2-3,10-11,13-14,20,25H,4-9,12,15H2,1H3,(H,31,34,37)/t20-,28+/m0/s1. The van der Waals surface area contributed by atoms with Crippen LogP contribution in [0, 0.1) is 11.3 Å². The summed E-state index contributed by atoms with van der Waals surface area (Å²) in [5.74, 6) is 0.422. The molecule has 1 N–H and O–H groups in total. The third-order valence-corrected chi connectivity index (χ3v) is 8.32. The summed E-state index contributed by atoms with van der Waals surface area (Å²) in [5, 5.41) is 3.55. The number of ether oxygens (including phenoxy) is 1. The van der Waals surface area contributed by atoms with E-state index in [0.717, 1.165) is 44.7 Å². The zero-order valence-corrected chi connectivity index (χ0v) is 21.5. The van der Waals surface area contributed by atoms with E-state index in [4.69, 9.17) is 9.15 Å². The monoisotopic (exact) mass is 534 g/mol. The third-order valence-electron chi connectivity index (χ3n) is 8.32. The van der Waals surface area contributed by atoms with Gasteiger partial charge in [-0.15, -0.1) is 0 Å². The van der Waals surface area contributed by atoms with Gasteiger partial charge in [0.15, 0.2) is 5.58 Å². The Morgan fingerprint density at radius 1 is 1.13 bits per heavy atom. The van der Waals surface area contributed by atoms with E-state index in [-0.39, 0.29) is 34.2 Å². The first kappa shape index (κ1) is 24.3. The molecule has 1 aliphatic carbocycles. The Balaban J connectivity index is 1.23. The Bertz CT molecular complexity index is 1590. The highest BCUT2D eigenvalue weighted by Crippen LogP contribution is 2.58. The fourth-order valence-corrected chi connectivity index (χ4v) is 6.11. The van der Waals surface area contributed by atoms with Crippen LogP contribution < -0.4 is 10.2 Å². The maximum absolute atomic E-state index is 13.8. The molecule has 0 bridgehead atoms. The van der Waals surface area contributed by atoms with Crippen LogP contribution in [0.1, 0.15) is 25.0 Å². The van der Waals surface area contributed by atoms with Crippen molar-refractivity contribution in [3.63, 3.8) is 0 Å². The minimum absolute atomic E-state index is 0.0475. The van der Waals surface area contributed by atoms with E-state index in [2.05, 4.69) is 37.1 Å². The van der Waals surface area contributed by atoms with Gasteiger partial charge in [-0.3, -0.25) is 9.78 Å². The SMILES string of the molecule is CN1CC[C@@]2(C[C@H]2C(=O)Nc2cc3c(-c4nc5cc(N6CCOCC6)ccc5o4)cnc(C(F)F)c3cn2)C1. The molecule has 1 saturated carbocycles. The second-order valence-electron chi connectivity index (χ2n) is 10.8. The summed E-state index contributed by atoms with van der Waals surface area (Å²) >= 11 is 0. The van der Waals surface area contributed by atoms with Crippen molar-refractivity contribution in [1.82, 2.24) is 19.9 Å². The molecule has 3 fully saturated rings. The number of aromatic nitrogens is 3. The number of carbonyl (C=O) groups is 1. The van der Waals surface area contributed by atoms with Crippen molar-refractivity contribution in [2.45, 2.75) is 19.3 Å². The van der Waals surface area contributed by atoms with Crippen LogP contribution >= 0.6 is 0 Å². The van der Waals surface area contributed by atoms with Gasteiger partial charge in [0.05, 0.1) is 18.8 Å². The van der Waals surface area contributed by atoms with Crippen LogP contribution in [0.4, 0.5) is 20.3 Å². The maximum atomic E-state index is 13.8. The summed E-state index contributed by atoms with van der Waals surface area (Å²) in [6.45, 7) is 4.82. The van der Waals surface area contributed by atoms with Gasteiger partial charge >= 0.3 is 0 Å². The van der Waals surface area contributed by atoms with Gasteiger partial charge in [0.25, 0.3) is 6.43 Å². The number of hydrogen-bond donors (Lipinski definition) is 1. The lowest BCUT2D eigenvalue weighted by atomic mass is 10.0. The van der Waals surface area contributed by atoms with Crippen molar-refractivity contribution in [1.29, 1.82) is 0 Å². The van der Waals surface area contributed by atoms with Crippen molar-refractivity contribution in [2.24, 2.45) is 11.3 Å². The van der Waals surface area contributed by atoms with Crippen LogP contribution in [0.3, 0.4) is 0 Å². The van der Waals surface area contributed by atoms with Crippen LogP contribution in [-0.2, 0) is 9.53 Å². The predicted molar refractivity (Wildman–Crippen MR) is 142 cm³/mol. The molecule has 2 saturated heterocycles. The Morgan fingerprint density at radius 3 is 2.74 bits per heavy atom. The average Bonchev–Trinajstić information content (AvgIpc) is 3.27. The molecule has 3 aromatic heterocycles. The maximum Gasteiger partial charge on any atom is 0.281 e. The highest BCUT2D eigenvalue weighted by atomic mass is 19.3. The Kier molecular flexibility index (Phi) is 5.74. The second-order valence-corrected chi connectivity index (χ2v) is 10.8. The molecule has 1 aromatic carbocycles. The first-order valence-electron chi connectivity index (χ1n) is 13.2. The van der Waals surface area contributed by atoms with E-state index in [1.165, 1.54) is 12.4 Å². The van der Waals surface area contributed by atoms with Gasteiger partial charge in [-0.25, -0.2) is 18.7 Å². The second kappa shape index (κ2) is 9.20. The molecule has 2 atom stereocenters. The third kappa shape index (κ3) is 4.29. The molecule has 39 heavy (non-hydrogen) atoms. The molecule has 2 aliphatic heterocycles. The summed E-state index contributed by atoms with van der Waals surface area (Å²) < 4.78 is 39.2. The molecule has 7 rings (SSSR count). The van der Waals surface area contributed by atoms with E-state index in [1.807, 2.05) is 18.2 Å². The fourth-order valence-electron chi connectivity index (χ4n) is 6.11. The molecule has 0 radical (unpaired) electrons. The highest BCUT2D eigenvalue weighted by molar-refractivity contribution is 6.00. The smallest absolute Gasteiger partial charge is 0.281 e. The number of nitrogens with one attached hydrogen (secondary N) is 1. The molecule has 1 spiro atoms. The Hall–Kier alpha value is -3.70. The first-order valence-corrected chi connectivity index (χ1v) is 13.2. The molecule has 202 valence electrons. The number of halogens is 2. The number of alkyl halides is 2.